The van der Waals surface area contributed by atoms with Crippen molar-refractivity contribution in [3.05, 3.63) is 0 Å². The minimum Gasteiger partial charge on any atom is -0.330 e. The third kappa shape index (κ3) is 31.6. The minimum atomic E-state index is 0.804. The van der Waals surface area contributed by atoms with E-state index in [0.29, 0.717) is 0 Å². The Morgan fingerprint density at radius 3 is 1.00 bits per heavy atom. The molecule has 0 unspecified atom stereocenters. The first-order valence-corrected chi connectivity index (χ1v) is 11.7. The molecule has 0 aliphatic heterocycles. The molecule has 3 heteroatoms. The Kier molecular flexibility index (Phi) is 29.3. The lowest BCUT2D eigenvalue weighted by Gasteiger charge is -2.05. The molecule has 0 aromatic heterocycles. The first-order chi connectivity index (χ1) is 12.7. The lowest BCUT2D eigenvalue weighted by atomic mass is 10.0. The van der Waals surface area contributed by atoms with Gasteiger partial charge in [-0.1, -0.05) is 103 Å². The van der Waals surface area contributed by atoms with Crippen molar-refractivity contribution >= 4 is 0 Å². The molecule has 0 saturated heterocycles. The van der Waals surface area contributed by atoms with Gasteiger partial charge in [0.15, 0.2) is 0 Å². The Bertz CT molecular complexity index is 203. The van der Waals surface area contributed by atoms with E-state index in [1.807, 2.05) is 0 Å². The van der Waals surface area contributed by atoms with Crippen LogP contribution < -0.4 is 11.5 Å². The highest BCUT2D eigenvalue weighted by Gasteiger charge is 1.94. The van der Waals surface area contributed by atoms with Gasteiger partial charge in [-0.25, -0.2) is 0 Å². The van der Waals surface area contributed by atoms with E-state index < -0.39 is 0 Å². The average molecular weight is 372 g/mol. The Labute approximate surface area is 166 Å². The van der Waals surface area contributed by atoms with Crippen molar-refractivity contribution in [3.8, 4) is 0 Å². The molecule has 0 amide bonds. The second-order valence-electron chi connectivity index (χ2n) is 8.04. The summed E-state index contributed by atoms with van der Waals surface area (Å²) in [6.07, 6.45) is 24.0. The van der Waals surface area contributed by atoms with E-state index in [-0.39, 0.29) is 0 Å². The van der Waals surface area contributed by atoms with E-state index in [1.54, 1.807) is 0 Å². The number of nitrogens with zero attached hydrogens (tertiary/aromatic N) is 1. The number of hydrogen-bond acceptors (Lipinski definition) is 3. The fraction of sp³-hybridized carbons (Fsp3) is 1.00. The second-order valence-corrected chi connectivity index (χ2v) is 8.04. The highest BCUT2D eigenvalue weighted by atomic mass is 15.0. The van der Waals surface area contributed by atoms with Crippen molar-refractivity contribution < 1.29 is 0 Å². The predicted octanol–water partition coefficient (Wildman–Crippen LogP) is 6.10. The minimum absolute atomic E-state index is 0.804. The first kappa shape index (κ1) is 28.1. The average Bonchev–Trinajstić information content (AvgIpc) is 2.63. The third-order valence-corrected chi connectivity index (χ3v) is 4.87. The molecule has 0 bridgehead atoms. The lowest BCUT2D eigenvalue weighted by Crippen LogP contribution is -2.16. The standard InChI is InChI=1S/C18H39N.C5H14N2/c1-2-3-4-5-6-7-8-9-10-11-12-13-14-15-16-17-18-19;1-7(2)5-3-4-6/h2-19H2,1H3;3-6H2,1-2H3. The highest BCUT2D eigenvalue weighted by Crippen LogP contribution is 2.13. The van der Waals surface area contributed by atoms with E-state index >= 15 is 0 Å². The van der Waals surface area contributed by atoms with Crippen molar-refractivity contribution in [2.75, 3.05) is 33.7 Å². The zero-order chi connectivity index (χ0) is 19.7. The van der Waals surface area contributed by atoms with Gasteiger partial charge in [-0.3, -0.25) is 0 Å². The van der Waals surface area contributed by atoms with Gasteiger partial charge in [0.25, 0.3) is 0 Å². The molecule has 3 nitrogen and oxygen atoms in total. The van der Waals surface area contributed by atoms with Gasteiger partial charge in [-0.2, -0.15) is 0 Å². The van der Waals surface area contributed by atoms with Crippen molar-refractivity contribution in [3.63, 3.8) is 0 Å². The summed E-state index contributed by atoms with van der Waals surface area (Å²) in [6, 6.07) is 0. The molecule has 0 radical (unpaired) electrons. The maximum Gasteiger partial charge on any atom is -0.00128 e. The van der Waals surface area contributed by atoms with Gasteiger partial charge in [0, 0.05) is 0 Å². The number of nitrogens with two attached hydrogens (primary N) is 2. The molecule has 0 saturated carbocycles. The highest BCUT2D eigenvalue weighted by molar-refractivity contribution is 4.50. The molecular formula is C23H53N3. The number of hydrogen-bond donors (Lipinski definition) is 2. The summed E-state index contributed by atoms with van der Waals surface area (Å²) in [5, 5.41) is 0. The summed E-state index contributed by atoms with van der Waals surface area (Å²) in [6.45, 7) is 5.07. The number of unbranched alkanes of at least 4 members (excludes halogenated alkanes) is 15. The predicted molar refractivity (Wildman–Crippen MR) is 121 cm³/mol. The van der Waals surface area contributed by atoms with Crippen LogP contribution in [0, 0.1) is 0 Å². The van der Waals surface area contributed by atoms with Crippen LogP contribution in [0.25, 0.3) is 0 Å². The summed E-state index contributed by atoms with van der Waals surface area (Å²) < 4.78 is 0. The number of rotatable bonds is 19. The molecule has 0 atom stereocenters. The van der Waals surface area contributed by atoms with Crippen molar-refractivity contribution in [2.24, 2.45) is 11.5 Å². The second kappa shape index (κ2) is 27.1. The van der Waals surface area contributed by atoms with Gasteiger partial charge in [-0.05, 0) is 46.6 Å². The molecule has 0 aromatic carbocycles. The van der Waals surface area contributed by atoms with Crippen LogP contribution in [0.15, 0.2) is 0 Å². The van der Waals surface area contributed by atoms with Crippen LogP contribution in [0.2, 0.25) is 0 Å². The maximum atomic E-state index is 5.48. The fourth-order valence-corrected chi connectivity index (χ4v) is 3.10. The van der Waals surface area contributed by atoms with Crippen LogP contribution >= 0.6 is 0 Å². The lowest BCUT2D eigenvalue weighted by molar-refractivity contribution is 0.403. The molecule has 0 heterocycles. The van der Waals surface area contributed by atoms with Gasteiger partial charge in [0.05, 0.1) is 0 Å². The van der Waals surface area contributed by atoms with Gasteiger partial charge < -0.3 is 16.4 Å². The summed E-state index contributed by atoms with van der Waals surface area (Å²) >= 11 is 0. The Morgan fingerprint density at radius 2 is 0.769 bits per heavy atom. The molecule has 0 rings (SSSR count). The van der Waals surface area contributed by atoms with E-state index in [1.165, 1.54) is 103 Å². The van der Waals surface area contributed by atoms with Crippen molar-refractivity contribution in [2.45, 2.75) is 116 Å². The molecule has 0 spiro atoms. The summed E-state index contributed by atoms with van der Waals surface area (Å²) in [7, 11) is 4.10. The van der Waals surface area contributed by atoms with Gasteiger partial charge in [0.1, 0.15) is 0 Å². The van der Waals surface area contributed by atoms with Gasteiger partial charge in [0.2, 0.25) is 0 Å². The normalized spacial score (nSPS) is 10.8. The summed E-state index contributed by atoms with van der Waals surface area (Å²) in [5.74, 6) is 0. The Morgan fingerprint density at radius 1 is 0.462 bits per heavy atom. The molecule has 0 fully saturated rings. The van der Waals surface area contributed by atoms with E-state index in [2.05, 4.69) is 25.9 Å². The molecule has 26 heavy (non-hydrogen) atoms. The zero-order valence-electron chi connectivity index (χ0n) is 18.7. The largest absolute Gasteiger partial charge is 0.330 e. The topological polar surface area (TPSA) is 55.3 Å². The van der Waals surface area contributed by atoms with Crippen LogP contribution in [0.4, 0.5) is 0 Å². The molecular weight excluding hydrogens is 318 g/mol. The molecule has 0 aliphatic rings. The van der Waals surface area contributed by atoms with Crippen LogP contribution in [0.5, 0.6) is 0 Å². The van der Waals surface area contributed by atoms with Gasteiger partial charge >= 0.3 is 0 Å². The zero-order valence-corrected chi connectivity index (χ0v) is 18.7. The van der Waals surface area contributed by atoms with Gasteiger partial charge in [-0.15, -0.1) is 0 Å². The monoisotopic (exact) mass is 371 g/mol. The first-order valence-electron chi connectivity index (χ1n) is 11.7. The van der Waals surface area contributed by atoms with E-state index in [4.69, 9.17) is 11.5 Å². The molecule has 0 aliphatic carbocycles. The van der Waals surface area contributed by atoms with E-state index in [9.17, 15) is 0 Å². The molecule has 0 aromatic rings. The van der Waals surface area contributed by atoms with Crippen LogP contribution in [0.1, 0.15) is 116 Å². The molecule has 4 N–H and O–H groups in total. The SMILES string of the molecule is CCCCCCCCCCCCCCCCCCN.CN(C)CCCN. The van der Waals surface area contributed by atoms with Crippen LogP contribution in [0.3, 0.4) is 0 Å². The quantitative estimate of drug-likeness (QED) is 0.270. The van der Waals surface area contributed by atoms with Crippen molar-refractivity contribution in [1.82, 2.24) is 4.90 Å². The summed E-state index contributed by atoms with van der Waals surface area (Å²) in [4.78, 5) is 2.13. The maximum absolute atomic E-state index is 5.48. The fourth-order valence-electron chi connectivity index (χ4n) is 3.10. The Hall–Kier alpha value is -0.120. The summed E-state index contributed by atoms with van der Waals surface area (Å²) in [5.41, 5.74) is 10.7. The third-order valence-electron chi connectivity index (χ3n) is 4.87. The van der Waals surface area contributed by atoms with Crippen molar-refractivity contribution in [1.29, 1.82) is 0 Å². The van der Waals surface area contributed by atoms with E-state index in [0.717, 1.165) is 26.1 Å². The Balaban J connectivity index is 0. The van der Waals surface area contributed by atoms with Crippen LogP contribution in [-0.4, -0.2) is 38.6 Å². The smallest absolute Gasteiger partial charge is 0.00128 e. The molecule has 160 valence electrons. The van der Waals surface area contributed by atoms with Crippen LogP contribution in [-0.2, 0) is 0 Å².